The van der Waals surface area contributed by atoms with E-state index >= 15 is 0 Å². The molecule has 0 aliphatic rings. The Morgan fingerprint density at radius 2 is 2.00 bits per heavy atom. The van der Waals surface area contributed by atoms with E-state index in [4.69, 9.17) is 4.74 Å². The van der Waals surface area contributed by atoms with Crippen LogP contribution >= 0.6 is 0 Å². The first-order valence-electron chi connectivity index (χ1n) is 7.14. The maximum absolute atomic E-state index is 6.07. The van der Waals surface area contributed by atoms with E-state index in [0.717, 1.165) is 35.0 Å². The lowest BCUT2D eigenvalue weighted by Gasteiger charge is -2.21. The van der Waals surface area contributed by atoms with Crippen molar-refractivity contribution in [1.29, 1.82) is 0 Å². The minimum atomic E-state index is 0.0562. The Morgan fingerprint density at radius 1 is 1.29 bits per heavy atom. The van der Waals surface area contributed by atoms with Crippen LogP contribution in [0, 0.1) is 13.8 Å². The van der Waals surface area contributed by atoms with E-state index in [2.05, 4.69) is 36.2 Å². The number of pyridine rings is 1. The maximum atomic E-state index is 6.07. The molecule has 2 aromatic heterocycles. The summed E-state index contributed by atoms with van der Waals surface area (Å²) < 4.78 is 7.90. The molecule has 5 heteroatoms. The zero-order valence-electron chi connectivity index (χ0n) is 13.7. The topological polar surface area (TPSA) is 52.0 Å². The molecule has 0 bridgehead atoms. The van der Waals surface area contributed by atoms with Gasteiger partial charge >= 0.3 is 0 Å². The van der Waals surface area contributed by atoms with Gasteiger partial charge in [-0.25, -0.2) is 0 Å². The molecular formula is C16H24N4O. The number of hydrogen-bond donors (Lipinski definition) is 1. The van der Waals surface area contributed by atoms with Crippen molar-refractivity contribution in [3.63, 3.8) is 0 Å². The van der Waals surface area contributed by atoms with Gasteiger partial charge in [0.1, 0.15) is 11.4 Å². The van der Waals surface area contributed by atoms with Gasteiger partial charge in [-0.1, -0.05) is 0 Å². The molecule has 1 N–H and O–H groups in total. The largest absolute Gasteiger partial charge is 0.452 e. The van der Waals surface area contributed by atoms with Crippen LogP contribution in [0.4, 0.5) is 0 Å². The quantitative estimate of drug-likeness (QED) is 0.939. The van der Waals surface area contributed by atoms with Crippen LogP contribution in [0.2, 0.25) is 0 Å². The van der Waals surface area contributed by atoms with Gasteiger partial charge in [0.05, 0.1) is 11.9 Å². The van der Waals surface area contributed by atoms with Gasteiger partial charge in [0.25, 0.3) is 0 Å². The molecule has 114 valence electrons. The fourth-order valence-electron chi connectivity index (χ4n) is 2.02. The van der Waals surface area contributed by atoms with Gasteiger partial charge in [0, 0.05) is 30.9 Å². The van der Waals surface area contributed by atoms with Gasteiger partial charge in [-0.3, -0.25) is 9.67 Å². The highest BCUT2D eigenvalue weighted by molar-refractivity contribution is 5.39. The molecule has 2 aromatic rings. The van der Waals surface area contributed by atoms with Crippen LogP contribution in [-0.4, -0.2) is 20.3 Å². The third kappa shape index (κ3) is 3.82. The van der Waals surface area contributed by atoms with Gasteiger partial charge in [-0.15, -0.1) is 0 Å². The Balaban J connectivity index is 2.24. The maximum Gasteiger partial charge on any atom is 0.171 e. The summed E-state index contributed by atoms with van der Waals surface area (Å²) in [7, 11) is 1.92. The molecule has 0 saturated carbocycles. The van der Waals surface area contributed by atoms with Crippen molar-refractivity contribution in [2.45, 2.75) is 46.7 Å². The third-order valence-corrected chi connectivity index (χ3v) is 3.33. The normalized spacial score (nSPS) is 11.7. The Kier molecular flexibility index (Phi) is 4.32. The number of nitrogens with zero attached hydrogens (tertiary/aromatic N) is 3. The smallest absolute Gasteiger partial charge is 0.171 e. The third-order valence-electron chi connectivity index (χ3n) is 3.33. The van der Waals surface area contributed by atoms with E-state index in [9.17, 15) is 0 Å². The predicted octanol–water partition coefficient (Wildman–Crippen LogP) is 3.11. The molecule has 0 atom stereocenters. The second kappa shape index (κ2) is 5.85. The molecule has 2 heterocycles. The van der Waals surface area contributed by atoms with Gasteiger partial charge in [0.2, 0.25) is 0 Å². The molecule has 0 radical (unpaired) electrons. The van der Waals surface area contributed by atoms with E-state index in [1.165, 1.54) is 0 Å². The Morgan fingerprint density at radius 3 is 2.57 bits per heavy atom. The highest BCUT2D eigenvalue weighted by atomic mass is 16.5. The molecule has 0 amide bonds. The van der Waals surface area contributed by atoms with Crippen molar-refractivity contribution in [2.75, 3.05) is 0 Å². The molecule has 0 aliphatic heterocycles. The highest BCUT2D eigenvalue weighted by Gasteiger charge is 2.15. The van der Waals surface area contributed by atoms with Gasteiger partial charge in [-0.05, 0) is 40.7 Å². The molecule has 0 saturated heterocycles. The molecule has 21 heavy (non-hydrogen) atoms. The van der Waals surface area contributed by atoms with Crippen LogP contribution in [0.15, 0.2) is 18.5 Å². The molecule has 0 spiro atoms. The van der Waals surface area contributed by atoms with Crippen molar-refractivity contribution in [2.24, 2.45) is 7.05 Å². The SMILES string of the molecule is Cc1nn(C)c(C)c1Oc1cnccc1CNC(C)(C)C. The Bertz CT molecular complexity index is 626. The monoisotopic (exact) mass is 288 g/mol. The highest BCUT2D eigenvalue weighted by Crippen LogP contribution is 2.29. The number of nitrogens with one attached hydrogen (secondary N) is 1. The van der Waals surface area contributed by atoms with E-state index in [-0.39, 0.29) is 5.54 Å². The first kappa shape index (κ1) is 15.5. The number of aromatic nitrogens is 3. The Labute approximate surface area is 126 Å². The van der Waals surface area contributed by atoms with E-state index in [1.54, 1.807) is 12.4 Å². The number of rotatable bonds is 4. The van der Waals surface area contributed by atoms with Crippen LogP contribution in [0.5, 0.6) is 11.5 Å². The van der Waals surface area contributed by atoms with E-state index < -0.39 is 0 Å². The first-order valence-corrected chi connectivity index (χ1v) is 7.14. The average molecular weight is 288 g/mol. The van der Waals surface area contributed by atoms with Crippen molar-refractivity contribution in [3.05, 3.63) is 35.4 Å². The molecule has 0 fully saturated rings. The predicted molar refractivity (Wildman–Crippen MR) is 83.6 cm³/mol. The molecule has 2 rings (SSSR count). The second-order valence-electron chi connectivity index (χ2n) is 6.31. The lowest BCUT2D eigenvalue weighted by molar-refractivity contribution is 0.412. The minimum Gasteiger partial charge on any atom is -0.452 e. The Hall–Kier alpha value is -1.88. The molecule has 5 nitrogen and oxygen atoms in total. The summed E-state index contributed by atoms with van der Waals surface area (Å²) in [5.74, 6) is 1.58. The zero-order chi connectivity index (χ0) is 15.6. The van der Waals surface area contributed by atoms with Crippen LogP contribution in [0.3, 0.4) is 0 Å². The lowest BCUT2D eigenvalue weighted by Crippen LogP contribution is -2.35. The molecule has 0 aromatic carbocycles. The van der Waals surface area contributed by atoms with Crippen molar-refractivity contribution in [1.82, 2.24) is 20.1 Å². The van der Waals surface area contributed by atoms with Crippen LogP contribution in [-0.2, 0) is 13.6 Å². The van der Waals surface area contributed by atoms with Crippen LogP contribution in [0.25, 0.3) is 0 Å². The van der Waals surface area contributed by atoms with Crippen molar-refractivity contribution >= 4 is 0 Å². The molecule has 0 aliphatic carbocycles. The van der Waals surface area contributed by atoms with Gasteiger partial charge < -0.3 is 10.1 Å². The summed E-state index contributed by atoms with van der Waals surface area (Å²) in [6, 6.07) is 1.98. The molecule has 0 unspecified atom stereocenters. The number of ether oxygens (including phenoxy) is 1. The lowest BCUT2D eigenvalue weighted by atomic mass is 10.1. The average Bonchev–Trinajstić information content (AvgIpc) is 2.63. The minimum absolute atomic E-state index is 0.0562. The van der Waals surface area contributed by atoms with Crippen LogP contribution in [0.1, 0.15) is 37.7 Å². The fourth-order valence-corrected chi connectivity index (χ4v) is 2.02. The van der Waals surface area contributed by atoms with Crippen LogP contribution < -0.4 is 10.1 Å². The summed E-state index contributed by atoms with van der Waals surface area (Å²) >= 11 is 0. The fraction of sp³-hybridized carbons (Fsp3) is 0.500. The van der Waals surface area contributed by atoms with Crippen molar-refractivity contribution < 1.29 is 4.74 Å². The standard InChI is InChI=1S/C16H24N4O/c1-11-15(12(2)20(6)19-11)21-14-10-17-8-7-13(14)9-18-16(3,4)5/h7-8,10,18H,9H2,1-6H3. The second-order valence-corrected chi connectivity index (χ2v) is 6.31. The summed E-state index contributed by atoms with van der Waals surface area (Å²) in [5.41, 5.74) is 3.03. The summed E-state index contributed by atoms with van der Waals surface area (Å²) in [5, 5.41) is 7.85. The summed E-state index contributed by atoms with van der Waals surface area (Å²) in [6.45, 7) is 11.1. The van der Waals surface area contributed by atoms with E-state index in [1.807, 2.05) is 31.6 Å². The number of hydrogen-bond acceptors (Lipinski definition) is 4. The summed E-state index contributed by atoms with van der Waals surface area (Å²) in [4.78, 5) is 4.17. The molecular weight excluding hydrogens is 264 g/mol. The number of aryl methyl sites for hydroxylation is 2. The first-order chi connectivity index (χ1) is 9.78. The van der Waals surface area contributed by atoms with Crippen molar-refractivity contribution in [3.8, 4) is 11.5 Å². The summed E-state index contributed by atoms with van der Waals surface area (Å²) in [6.07, 6.45) is 3.54. The van der Waals surface area contributed by atoms with Gasteiger partial charge in [-0.2, -0.15) is 5.10 Å². The van der Waals surface area contributed by atoms with Gasteiger partial charge in [0.15, 0.2) is 5.75 Å². The zero-order valence-corrected chi connectivity index (χ0v) is 13.7. The van der Waals surface area contributed by atoms with E-state index in [0.29, 0.717) is 0 Å².